The third-order valence-electron chi connectivity index (χ3n) is 5.65. The first-order chi connectivity index (χ1) is 13.7. The van der Waals surface area contributed by atoms with E-state index in [0.717, 1.165) is 4.68 Å². The highest BCUT2D eigenvalue weighted by Crippen LogP contribution is 2.48. The fourth-order valence-electron chi connectivity index (χ4n) is 4.45. The normalized spacial score (nSPS) is 25.4. The Morgan fingerprint density at radius 2 is 1.76 bits per heavy atom. The molecule has 0 unspecified atom stereocenters. The number of hydrogen-bond donors (Lipinski definition) is 1. The van der Waals surface area contributed by atoms with Crippen LogP contribution < -0.4 is 10.4 Å². The minimum Gasteiger partial charge on any atom is -0.550 e. The average molecular weight is 404 g/mol. The Kier molecular flexibility index (Phi) is 4.48. The number of aromatic nitrogens is 2. The number of nitrogens with one attached hydrogen (secondary N) is 1. The Balaban J connectivity index is 1.74. The lowest BCUT2D eigenvalue weighted by Crippen LogP contribution is -2.43. The highest BCUT2D eigenvalue weighted by molar-refractivity contribution is 5.99. The topological polar surface area (TPSA) is 87.0 Å². The number of carboxylic acids is 1. The molecular weight excluding hydrogens is 387 g/mol. The highest BCUT2D eigenvalue weighted by atomic mass is 19.4. The van der Waals surface area contributed by atoms with Gasteiger partial charge in [-0.15, -0.1) is 0 Å². The molecule has 2 aliphatic rings. The largest absolute Gasteiger partial charge is 0.550 e. The molecule has 2 bridgehead atoms. The van der Waals surface area contributed by atoms with Crippen molar-refractivity contribution in [3.63, 3.8) is 0 Å². The zero-order chi connectivity index (χ0) is 20.9. The molecule has 29 heavy (non-hydrogen) atoms. The molecule has 0 radical (unpaired) electrons. The van der Waals surface area contributed by atoms with Crippen LogP contribution in [-0.4, -0.2) is 21.7 Å². The number of carboxylic acid groups (broad SMARTS) is 1. The zero-order valence-corrected chi connectivity index (χ0v) is 15.3. The molecule has 152 valence electrons. The Morgan fingerprint density at radius 1 is 1.14 bits per heavy atom. The van der Waals surface area contributed by atoms with Gasteiger partial charge in [-0.2, -0.15) is 18.3 Å². The van der Waals surface area contributed by atoms with E-state index in [0.29, 0.717) is 6.42 Å². The molecule has 1 saturated carbocycles. The van der Waals surface area contributed by atoms with Gasteiger partial charge in [0.1, 0.15) is 5.82 Å². The van der Waals surface area contributed by atoms with E-state index >= 15 is 0 Å². The maximum Gasteiger partial charge on any atom is 0.435 e. The monoisotopic (exact) mass is 404 g/mol. The molecule has 0 aliphatic heterocycles. The van der Waals surface area contributed by atoms with E-state index in [1.807, 2.05) is 0 Å². The second-order valence-corrected chi connectivity index (χ2v) is 7.37. The predicted octanol–water partition coefficient (Wildman–Crippen LogP) is 2.23. The molecule has 1 fully saturated rings. The molecule has 0 saturated heterocycles. The Bertz CT molecular complexity index is 998. The Morgan fingerprint density at radius 3 is 2.34 bits per heavy atom. The van der Waals surface area contributed by atoms with E-state index < -0.39 is 35.6 Å². The number of aryl methyl sites for hydroxylation is 1. The van der Waals surface area contributed by atoms with Gasteiger partial charge < -0.3 is 15.2 Å². The van der Waals surface area contributed by atoms with Gasteiger partial charge in [0.25, 0.3) is 0 Å². The number of carbonyl (C=O) groups excluding carboxylic acids is 2. The SMILES string of the molecule is Cn1nc(C(F)(F)F)c(-c2ccccc2)c1NC(=O)[C@@H]1[C@@H](C(=O)[O-])[C@@H]2C=C[C@@H]1C2. The van der Waals surface area contributed by atoms with Gasteiger partial charge >= 0.3 is 6.18 Å². The van der Waals surface area contributed by atoms with Crippen LogP contribution in [0.2, 0.25) is 0 Å². The van der Waals surface area contributed by atoms with E-state index in [-0.39, 0.29) is 28.8 Å². The summed E-state index contributed by atoms with van der Waals surface area (Å²) in [4.78, 5) is 24.5. The third-order valence-corrected chi connectivity index (χ3v) is 5.65. The fraction of sp³-hybridized carbons (Fsp3) is 0.350. The van der Waals surface area contributed by atoms with E-state index in [1.54, 1.807) is 30.4 Å². The summed E-state index contributed by atoms with van der Waals surface area (Å²) in [5.74, 6) is -4.58. The lowest BCUT2D eigenvalue weighted by Gasteiger charge is -2.28. The highest BCUT2D eigenvalue weighted by Gasteiger charge is 2.49. The van der Waals surface area contributed by atoms with Crippen molar-refractivity contribution < 1.29 is 27.9 Å². The van der Waals surface area contributed by atoms with Gasteiger partial charge in [-0.25, -0.2) is 0 Å². The molecule has 2 aromatic rings. The first-order valence-electron chi connectivity index (χ1n) is 9.08. The van der Waals surface area contributed by atoms with Gasteiger partial charge in [0.05, 0.1) is 11.5 Å². The van der Waals surface area contributed by atoms with Crippen molar-refractivity contribution in [2.75, 3.05) is 5.32 Å². The van der Waals surface area contributed by atoms with Crippen LogP contribution in [0.25, 0.3) is 11.1 Å². The van der Waals surface area contributed by atoms with Crippen molar-refractivity contribution in [1.82, 2.24) is 9.78 Å². The molecule has 6 nitrogen and oxygen atoms in total. The summed E-state index contributed by atoms with van der Waals surface area (Å²) in [5, 5.41) is 17.7. The second kappa shape index (κ2) is 6.75. The quantitative estimate of drug-likeness (QED) is 0.792. The molecule has 4 rings (SSSR count). The molecule has 4 atom stereocenters. The van der Waals surface area contributed by atoms with Crippen LogP contribution in [0.15, 0.2) is 42.5 Å². The van der Waals surface area contributed by atoms with Gasteiger partial charge in [0, 0.05) is 18.9 Å². The summed E-state index contributed by atoms with van der Waals surface area (Å²) < 4.78 is 41.7. The molecule has 9 heteroatoms. The zero-order valence-electron chi connectivity index (χ0n) is 15.3. The molecule has 1 heterocycles. The van der Waals surface area contributed by atoms with Crippen LogP contribution in [0, 0.1) is 23.7 Å². The number of nitrogens with zero attached hydrogens (tertiary/aromatic N) is 2. The molecule has 0 spiro atoms. The van der Waals surface area contributed by atoms with E-state index in [4.69, 9.17) is 0 Å². The van der Waals surface area contributed by atoms with Crippen molar-refractivity contribution in [3.05, 3.63) is 48.2 Å². The van der Waals surface area contributed by atoms with Crippen molar-refractivity contribution in [3.8, 4) is 11.1 Å². The van der Waals surface area contributed by atoms with Crippen molar-refractivity contribution in [2.45, 2.75) is 12.6 Å². The molecule has 1 amide bonds. The molecule has 1 aromatic heterocycles. The third kappa shape index (κ3) is 3.20. The standard InChI is InChI=1S/C20H18F3N3O3/c1-26-17(15(10-5-3-2-4-6-10)16(25-26)20(21,22)23)24-18(27)13-11-7-8-12(9-11)14(13)19(28)29/h2-8,11-14H,9H2,1H3,(H,24,27)(H,28,29)/p-1/t11-,12-,13+,14+/m1/s1. The number of benzene rings is 1. The van der Waals surface area contributed by atoms with Gasteiger partial charge in [-0.1, -0.05) is 42.5 Å². The summed E-state index contributed by atoms with van der Waals surface area (Å²) in [6, 6.07) is 7.82. The number of allylic oxidation sites excluding steroid dienone is 2. The van der Waals surface area contributed by atoms with Gasteiger partial charge in [0.2, 0.25) is 5.91 Å². The van der Waals surface area contributed by atoms with E-state index in [1.165, 1.54) is 19.2 Å². The predicted molar refractivity (Wildman–Crippen MR) is 95.0 cm³/mol. The van der Waals surface area contributed by atoms with Crippen LogP contribution in [0.5, 0.6) is 0 Å². The number of amides is 1. The minimum atomic E-state index is -4.73. The number of fused-ring (bicyclic) bond motifs is 2. The van der Waals surface area contributed by atoms with Crippen molar-refractivity contribution >= 4 is 17.7 Å². The van der Waals surface area contributed by atoms with Crippen LogP contribution in [-0.2, 0) is 22.8 Å². The smallest absolute Gasteiger partial charge is 0.435 e. The van der Waals surface area contributed by atoms with Gasteiger partial charge in [0.15, 0.2) is 5.69 Å². The number of anilines is 1. The van der Waals surface area contributed by atoms with Crippen molar-refractivity contribution in [1.29, 1.82) is 0 Å². The first kappa shape index (κ1) is 19.2. The summed E-state index contributed by atoms with van der Waals surface area (Å²) >= 11 is 0. The molecular formula is C20H17F3N3O3-. The number of alkyl halides is 3. The van der Waals surface area contributed by atoms with Crippen molar-refractivity contribution in [2.24, 2.45) is 30.7 Å². The van der Waals surface area contributed by atoms with Gasteiger partial charge in [-0.05, 0) is 23.8 Å². The Labute approximate surface area is 164 Å². The van der Waals surface area contributed by atoms with Gasteiger partial charge in [-0.3, -0.25) is 9.48 Å². The van der Waals surface area contributed by atoms with Crippen LogP contribution in [0.1, 0.15) is 12.1 Å². The number of halogens is 3. The lowest BCUT2D eigenvalue weighted by molar-refractivity contribution is -0.313. The summed E-state index contributed by atoms with van der Waals surface area (Å²) in [5.41, 5.74) is -1.13. The summed E-state index contributed by atoms with van der Waals surface area (Å²) in [7, 11) is 1.30. The number of carbonyl (C=O) groups is 2. The number of rotatable bonds is 4. The number of hydrogen-bond acceptors (Lipinski definition) is 4. The first-order valence-corrected chi connectivity index (χ1v) is 9.08. The van der Waals surface area contributed by atoms with E-state index in [2.05, 4.69) is 10.4 Å². The Hall–Kier alpha value is -3.10. The maximum atomic E-state index is 13.6. The summed E-state index contributed by atoms with van der Waals surface area (Å²) in [6.45, 7) is 0. The minimum absolute atomic E-state index is 0.127. The van der Waals surface area contributed by atoms with Crippen LogP contribution in [0.4, 0.5) is 19.0 Å². The molecule has 1 N–H and O–H groups in total. The maximum absolute atomic E-state index is 13.6. The molecule has 1 aromatic carbocycles. The van der Waals surface area contributed by atoms with Crippen LogP contribution in [0.3, 0.4) is 0 Å². The van der Waals surface area contributed by atoms with E-state index in [9.17, 15) is 27.9 Å². The summed E-state index contributed by atoms with van der Waals surface area (Å²) in [6.07, 6.45) is -0.664. The lowest BCUT2D eigenvalue weighted by atomic mass is 9.82. The molecule has 2 aliphatic carbocycles. The number of aliphatic carboxylic acids is 1. The second-order valence-electron chi connectivity index (χ2n) is 7.37. The van der Waals surface area contributed by atoms with Crippen LogP contribution >= 0.6 is 0 Å². The fourth-order valence-corrected chi connectivity index (χ4v) is 4.45. The average Bonchev–Trinajstić information content (AvgIpc) is 3.35.